The zero-order chi connectivity index (χ0) is 19.6. The molecule has 2 aromatic carbocycles. The van der Waals surface area contributed by atoms with E-state index in [1.807, 2.05) is 0 Å². The lowest BCUT2D eigenvalue weighted by Gasteiger charge is -2.22. The van der Waals surface area contributed by atoms with Gasteiger partial charge in [0.05, 0.1) is 5.02 Å². The zero-order valence-electron chi connectivity index (χ0n) is 14.2. The largest absolute Gasteiger partial charge is 0.482 e. The summed E-state index contributed by atoms with van der Waals surface area (Å²) in [5.41, 5.74) is 1.56. The molecule has 1 heterocycles. The van der Waals surface area contributed by atoms with E-state index in [0.717, 1.165) is 0 Å². The van der Waals surface area contributed by atoms with Gasteiger partial charge in [-0.3, -0.25) is 15.0 Å². The molecule has 0 radical (unpaired) electrons. The van der Waals surface area contributed by atoms with E-state index in [-0.39, 0.29) is 10.8 Å². The maximum atomic E-state index is 12.7. The second kappa shape index (κ2) is 7.46. The third-order valence-electron chi connectivity index (χ3n) is 4.03. The highest BCUT2D eigenvalue weighted by molar-refractivity contribution is 6.34. The highest BCUT2D eigenvalue weighted by Crippen LogP contribution is 2.28. The Morgan fingerprint density at radius 3 is 2.59 bits per heavy atom. The third kappa shape index (κ3) is 3.84. The smallest absolute Gasteiger partial charge is 0.344 e. The molecular formula is C18H15Cl2N3O4. The topological polar surface area (TPSA) is 87.7 Å². The van der Waals surface area contributed by atoms with Gasteiger partial charge in [0.25, 0.3) is 11.8 Å². The van der Waals surface area contributed by atoms with Gasteiger partial charge in [-0.2, -0.15) is 5.01 Å². The molecule has 0 spiro atoms. The highest BCUT2D eigenvalue weighted by atomic mass is 35.5. The Morgan fingerprint density at radius 2 is 1.89 bits per heavy atom. The van der Waals surface area contributed by atoms with Crippen molar-refractivity contribution in [1.29, 1.82) is 0 Å². The van der Waals surface area contributed by atoms with E-state index in [0.29, 0.717) is 15.6 Å². The molecule has 9 heteroatoms. The molecule has 0 saturated carbocycles. The fourth-order valence-corrected chi connectivity index (χ4v) is 2.93. The Hall–Kier alpha value is -2.77. The molecule has 27 heavy (non-hydrogen) atoms. The van der Waals surface area contributed by atoms with Crippen LogP contribution in [0.5, 0.6) is 5.75 Å². The molecule has 0 aliphatic carbocycles. The zero-order valence-corrected chi connectivity index (χ0v) is 15.7. The molecule has 1 aliphatic rings. The molecule has 1 fully saturated rings. The molecule has 0 aromatic heterocycles. The van der Waals surface area contributed by atoms with E-state index in [1.54, 1.807) is 43.3 Å². The number of imide groups is 1. The minimum Gasteiger partial charge on any atom is -0.482 e. The van der Waals surface area contributed by atoms with E-state index < -0.39 is 30.0 Å². The SMILES string of the molecule is CC1(c2ccccc2)NC(=O)N(NC(=O)COc2cc(Cl)ccc2Cl)C1=O. The minimum atomic E-state index is -1.28. The summed E-state index contributed by atoms with van der Waals surface area (Å²) < 4.78 is 5.30. The number of halogens is 2. The summed E-state index contributed by atoms with van der Waals surface area (Å²) in [6.07, 6.45) is 0. The lowest BCUT2D eigenvalue weighted by Crippen LogP contribution is -2.49. The van der Waals surface area contributed by atoms with Crippen LogP contribution in [0, 0.1) is 0 Å². The predicted octanol–water partition coefficient (Wildman–Crippen LogP) is 2.87. The standard InChI is InChI=1S/C18H15Cl2N3O4/c1-18(11-5-3-2-4-6-11)16(25)23(17(26)21-18)22-15(24)10-27-14-9-12(19)7-8-13(14)20/h2-9H,10H2,1H3,(H,21,26)(H,22,24). The fourth-order valence-electron chi connectivity index (χ4n) is 2.60. The van der Waals surface area contributed by atoms with Crippen LogP contribution in [-0.2, 0) is 15.1 Å². The number of nitrogens with one attached hydrogen (secondary N) is 2. The first kappa shape index (κ1) is 19.0. The summed E-state index contributed by atoms with van der Waals surface area (Å²) in [5.74, 6) is -1.09. The third-order valence-corrected chi connectivity index (χ3v) is 4.58. The Bertz CT molecular complexity index is 907. The van der Waals surface area contributed by atoms with E-state index in [1.165, 1.54) is 12.1 Å². The lowest BCUT2D eigenvalue weighted by atomic mass is 9.92. The predicted molar refractivity (Wildman–Crippen MR) is 99.3 cm³/mol. The minimum absolute atomic E-state index is 0.214. The van der Waals surface area contributed by atoms with Crippen LogP contribution >= 0.6 is 23.2 Å². The maximum absolute atomic E-state index is 12.7. The Kier molecular flexibility index (Phi) is 5.25. The van der Waals surface area contributed by atoms with Crippen LogP contribution in [0.25, 0.3) is 0 Å². The number of amides is 4. The van der Waals surface area contributed by atoms with Crippen LogP contribution in [0.15, 0.2) is 48.5 Å². The van der Waals surface area contributed by atoms with Crippen molar-refractivity contribution in [3.8, 4) is 5.75 Å². The summed E-state index contributed by atoms with van der Waals surface area (Å²) in [7, 11) is 0. The van der Waals surface area contributed by atoms with E-state index >= 15 is 0 Å². The van der Waals surface area contributed by atoms with Gasteiger partial charge in [0, 0.05) is 11.1 Å². The molecular weight excluding hydrogens is 393 g/mol. The van der Waals surface area contributed by atoms with Gasteiger partial charge in [-0.1, -0.05) is 53.5 Å². The van der Waals surface area contributed by atoms with E-state index in [4.69, 9.17) is 27.9 Å². The van der Waals surface area contributed by atoms with Crippen molar-refractivity contribution in [2.24, 2.45) is 0 Å². The van der Waals surface area contributed by atoms with Crippen molar-refractivity contribution in [3.05, 3.63) is 64.1 Å². The van der Waals surface area contributed by atoms with Crippen LogP contribution in [0.2, 0.25) is 10.0 Å². The van der Waals surface area contributed by atoms with Crippen molar-refractivity contribution >= 4 is 41.0 Å². The molecule has 1 atom stereocenters. The summed E-state index contributed by atoms with van der Waals surface area (Å²) in [6.45, 7) is 1.11. The van der Waals surface area contributed by atoms with E-state index in [9.17, 15) is 14.4 Å². The molecule has 4 amide bonds. The van der Waals surface area contributed by atoms with Crippen LogP contribution in [0.4, 0.5) is 4.79 Å². The normalized spacial score (nSPS) is 19.0. The van der Waals surface area contributed by atoms with Gasteiger partial charge in [0.15, 0.2) is 6.61 Å². The van der Waals surface area contributed by atoms with Crippen LogP contribution < -0.4 is 15.5 Å². The number of carbonyl (C=O) groups excluding carboxylic acids is 3. The molecule has 1 saturated heterocycles. The molecule has 2 N–H and O–H groups in total. The molecule has 1 unspecified atom stereocenters. The molecule has 7 nitrogen and oxygen atoms in total. The first-order valence-electron chi connectivity index (χ1n) is 7.91. The number of rotatable bonds is 5. The van der Waals surface area contributed by atoms with Crippen molar-refractivity contribution in [2.75, 3.05) is 6.61 Å². The number of hydrogen-bond acceptors (Lipinski definition) is 4. The Labute approximate surface area is 165 Å². The number of nitrogens with zero attached hydrogens (tertiary/aromatic N) is 1. The van der Waals surface area contributed by atoms with Crippen molar-refractivity contribution in [2.45, 2.75) is 12.5 Å². The van der Waals surface area contributed by atoms with E-state index in [2.05, 4.69) is 10.7 Å². The molecule has 1 aliphatic heterocycles. The Morgan fingerprint density at radius 1 is 1.19 bits per heavy atom. The van der Waals surface area contributed by atoms with Crippen molar-refractivity contribution in [1.82, 2.24) is 15.8 Å². The molecule has 140 valence electrons. The van der Waals surface area contributed by atoms with Crippen molar-refractivity contribution in [3.63, 3.8) is 0 Å². The van der Waals surface area contributed by atoms with Crippen LogP contribution in [0.3, 0.4) is 0 Å². The average Bonchev–Trinajstić information content (AvgIpc) is 2.87. The second-order valence-electron chi connectivity index (χ2n) is 5.96. The van der Waals surface area contributed by atoms with Gasteiger partial charge in [-0.25, -0.2) is 4.79 Å². The number of hydrazine groups is 1. The number of hydrogen-bond donors (Lipinski definition) is 2. The first-order valence-corrected chi connectivity index (χ1v) is 8.66. The summed E-state index contributed by atoms with van der Waals surface area (Å²) in [4.78, 5) is 37.0. The number of benzene rings is 2. The summed E-state index contributed by atoms with van der Waals surface area (Å²) in [5, 5.41) is 3.89. The summed E-state index contributed by atoms with van der Waals surface area (Å²) >= 11 is 11.8. The van der Waals surface area contributed by atoms with Gasteiger partial charge < -0.3 is 10.1 Å². The first-order chi connectivity index (χ1) is 12.8. The van der Waals surface area contributed by atoms with Gasteiger partial charge in [0.1, 0.15) is 11.3 Å². The number of ether oxygens (including phenoxy) is 1. The van der Waals surface area contributed by atoms with Crippen molar-refractivity contribution < 1.29 is 19.1 Å². The second-order valence-corrected chi connectivity index (χ2v) is 6.80. The van der Waals surface area contributed by atoms with Gasteiger partial charge >= 0.3 is 6.03 Å². The van der Waals surface area contributed by atoms with Gasteiger partial charge in [0.2, 0.25) is 0 Å². The Balaban J connectivity index is 1.67. The van der Waals surface area contributed by atoms with Gasteiger partial charge in [-0.05, 0) is 24.6 Å². The van der Waals surface area contributed by atoms with Gasteiger partial charge in [-0.15, -0.1) is 0 Å². The number of urea groups is 1. The maximum Gasteiger partial charge on any atom is 0.344 e. The summed E-state index contributed by atoms with van der Waals surface area (Å²) in [6, 6.07) is 12.6. The number of carbonyl (C=O) groups is 3. The van der Waals surface area contributed by atoms with Crippen LogP contribution in [-0.4, -0.2) is 29.5 Å². The quantitative estimate of drug-likeness (QED) is 0.745. The monoisotopic (exact) mass is 407 g/mol. The fraction of sp³-hybridized carbons (Fsp3) is 0.167. The highest BCUT2D eigenvalue weighted by Gasteiger charge is 2.49. The lowest BCUT2D eigenvalue weighted by molar-refractivity contribution is -0.139. The van der Waals surface area contributed by atoms with Crippen LogP contribution in [0.1, 0.15) is 12.5 Å². The average molecular weight is 408 g/mol. The molecule has 3 rings (SSSR count). The molecule has 2 aromatic rings. The molecule has 0 bridgehead atoms.